The van der Waals surface area contributed by atoms with E-state index >= 15 is 0 Å². The van der Waals surface area contributed by atoms with Crippen molar-refractivity contribution < 1.29 is 14.3 Å². The Balaban J connectivity index is 4.41. The molecular formula is C13H27NO3. The molecule has 0 aromatic carbocycles. The first-order valence-corrected chi connectivity index (χ1v) is 6.45. The molecule has 4 nitrogen and oxygen atoms in total. The van der Waals surface area contributed by atoms with Crippen LogP contribution in [0.3, 0.4) is 0 Å². The third-order valence-electron chi connectivity index (χ3n) is 2.70. The van der Waals surface area contributed by atoms with Crippen LogP contribution in [-0.4, -0.2) is 37.9 Å². The molecule has 0 saturated heterocycles. The van der Waals surface area contributed by atoms with Crippen LogP contribution in [0, 0.1) is 0 Å². The molecule has 17 heavy (non-hydrogen) atoms. The molecule has 2 unspecified atom stereocenters. The van der Waals surface area contributed by atoms with E-state index in [4.69, 9.17) is 9.47 Å². The highest BCUT2D eigenvalue weighted by atomic mass is 16.5. The Hall–Kier alpha value is -0.610. The number of methoxy groups -OCH3 is 1. The molecule has 0 amide bonds. The standard InChI is InChI=1S/C13H27NO3/c1-6-8-14-13(4,12(15)16-5)10-11(3)17-9-7-2/h11,14H,6-10H2,1-5H3. The molecule has 0 bridgehead atoms. The predicted octanol–water partition coefficient (Wildman–Crippen LogP) is 2.12. The maximum atomic E-state index is 11.8. The van der Waals surface area contributed by atoms with Crippen molar-refractivity contribution in [1.82, 2.24) is 5.32 Å². The Morgan fingerprint density at radius 1 is 1.35 bits per heavy atom. The van der Waals surface area contributed by atoms with Gasteiger partial charge in [-0.2, -0.15) is 0 Å². The Morgan fingerprint density at radius 3 is 2.47 bits per heavy atom. The molecule has 0 aliphatic carbocycles. The number of rotatable bonds is 9. The van der Waals surface area contributed by atoms with E-state index < -0.39 is 5.54 Å². The Kier molecular flexibility index (Phi) is 8.17. The van der Waals surface area contributed by atoms with Crippen molar-refractivity contribution in [2.45, 2.75) is 58.6 Å². The predicted molar refractivity (Wildman–Crippen MR) is 69.0 cm³/mol. The van der Waals surface area contributed by atoms with Gasteiger partial charge in [0, 0.05) is 13.0 Å². The van der Waals surface area contributed by atoms with Crippen LogP contribution in [0.5, 0.6) is 0 Å². The maximum absolute atomic E-state index is 11.8. The van der Waals surface area contributed by atoms with Gasteiger partial charge in [0.15, 0.2) is 0 Å². The number of ether oxygens (including phenoxy) is 2. The van der Waals surface area contributed by atoms with Crippen LogP contribution < -0.4 is 5.32 Å². The van der Waals surface area contributed by atoms with E-state index in [2.05, 4.69) is 19.2 Å². The summed E-state index contributed by atoms with van der Waals surface area (Å²) in [5.74, 6) is -0.224. The number of esters is 1. The largest absolute Gasteiger partial charge is 0.468 e. The third-order valence-corrected chi connectivity index (χ3v) is 2.70. The molecule has 0 aliphatic heterocycles. The summed E-state index contributed by atoms with van der Waals surface area (Å²) in [4.78, 5) is 11.8. The van der Waals surface area contributed by atoms with Crippen molar-refractivity contribution in [3.63, 3.8) is 0 Å². The number of carbonyl (C=O) groups is 1. The summed E-state index contributed by atoms with van der Waals surface area (Å²) in [6.45, 7) is 9.53. The Morgan fingerprint density at radius 2 is 2.00 bits per heavy atom. The summed E-state index contributed by atoms with van der Waals surface area (Å²) in [7, 11) is 1.42. The van der Waals surface area contributed by atoms with Gasteiger partial charge in [-0.15, -0.1) is 0 Å². The van der Waals surface area contributed by atoms with E-state index in [0.29, 0.717) is 6.42 Å². The zero-order valence-electron chi connectivity index (χ0n) is 11.8. The fourth-order valence-electron chi connectivity index (χ4n) is 1.81. The lowest BCUT2D eigenvalue weighted by molar-refractivity contribution is -0.149. The van der Waals surface area contributed by atoms with Gasteiger partial charge in [-0.05, 0) is 33.2 Å². The van der Waals surface area contributed by atoms with Crippen LogP contribution in [0.1, 0.15) is 47.0 Å². The van der Waals surface area contributed by atoms with Crippen LogP contribution >= 0.6 is 0 Å². The van der Waals surface area contributed by atoms with Crippen molar-refractivity contribution in [1.29, 1.82) is 0 Å². The summed E-state index contributed by atoms with van der Waals surface area (Å²) in [6.07, 6.45) is 2.64. The number of nitrogens with one attached hydrogen (secondary N) is 1. The van der Waals surface area contributed by atoms with Crippen LogP contribution in [0.4, 0.5) is 0 Å². The van der Waals surface area contributed by atoms with Crippen molar-refractivity contribution in [2.75, 3.05) is 20.3 Å². The third kappa shape index (κ3) is 6.03. The first-order chi connectivity index (χ1) is 8.00. The molecule has 0 radical (unpaired) electrons. The van der Waals surface area contributed by atoms with Gasteiger partial charge in [0.2, 0.25) is 0 Å². The van der Waals surface area contributed by atoms with Crippen LogP contribution in [0.25, 0.3) is 0 Å². The molecule has 0 fully saturated rings. The Labute approximate surface area is 105 Å². The summed E-state index contributed by atoms with van der Waals surface area (Å²) < 4.78 is 10.5. The van der Waals surface area contributed by atoms with E-state index in [1.807, 2.05) is 13.8 Å². The summed E-state index contributed by atoms with van der Waals surface area (Å²) in [6, 6.07) is 0. The number of carbonyl (C=O) groups excluding carboxylic acids is 1. The van der Waals surface area contributed by atoms with Gasteiger partial charge in [-0.25, -0.2) is 0 Å². The van der Waals surface area contributed by atoms with E-state index in [9.17, 15) is 4.79 Å². The molecular weight excluding hydrogens is 218 g/mol. The SMILES string of the molecule is CCCNC(C)(CC(C)OCCC)C(=O)OC. The first-order valence-electron chi connectivity index (χ1n) is 6.45. The van der Waals surface area contributed by atoms with Crippen molar-refractivity contribution in [3.05, 3.63) is 0 Å². The molecule has 0 saturated carbocycles. The average Bonchev–Trinajstić information content (AvgIpc) is 2.32. The van der Waals surface area contributed by atoms with Crippen molar-refractivity contribution >= 4 is 5.97 Å². The zero-order chi connectivity index (χ0) is 13.3. The summed E-state index contributed by atoms with van der Waals surface area (Å²) in [5.41, 5.74) is -0.655. The maximum Gasteiger partial charge on any atom is 0.325 e. The van der Waals surface area contributed by atoms with Gasteiger partial charge >= 0.3 is 5.97 Å². The van der Waals surface area contributed by atoms with E-state index in [0.717, 1.165) is 26.0 Å². The quantitative estimate of drug-likeness (QED) is 0.632. The molecule has 0 heterocycles. The highest BCUT2D eigenvalue weighted by molar-refractivity contribution is 5.80. The van der Waals surface area contributed by atoms with E-state index in [-0.39, 0.29) is 12.1 Å². The fourth-order valence-corrected chi connectivity index (χ4v) is 1.81. The lowest BCUT2D eigenvalue weighted by Gasteiger charge is -2.30. The lowest BCUT2D eigenvalue weighted by Crippen LogP contribution is -2.52. The molecule has 0 aromatic heterocycles. The lowest BCUT2D eigenvalue weighted by atomic mass is 9.94. The van der Waals surface area contributed by atoms with Gasteiger partial charge in [0.1, 0.15) is 5.54 Å². The molecule has 0 aromatic rings. The van der Waals surface area contributed by atoms with Gasteiger partial charge in [-0.3, -0.25) is 4.79 Å². The van der Waals surface area contributed by atoms with Gasteiger partial charge < -0.3 is 14.8 Å². The highest BCUT2D eigenvalue weighted by Crippen LogP contribution is 2.16. The molecule has 0 rings (SSSR count). The van der Waals surface area contributed by atoms with Crippen molar-refractivity contribution in [2.24, 2.45) is 0 Å². The minimum absolute atomic E-state index is 0.0448. The zero-order valence-corrected chi connectivity index (χ0v) is 11.8. The molecule has 0 spiro atoms. The monoisotopic (exact) mass is 245 g/mol. The van der Waals surface area contributed by atoms with Gasteiger partial charge in [0.25, 0.3) is 0 Å². The van der Waals surface area contributed by atoms with Crippen LogP contribution in [0.2, 0.25) is 0 Å². The molecule has 0 aliphatic rings. The van der Waals surface area contributed by atoms with E-state index in [1.165, 1.54) is 7.11 Å². The minimum Gasteiger partial charge on any atom is -0.468 e. The number of hydrogen-bond acceptors (Lipinski definition) is 4. The van der Waals surface area contributed by atoms with Crippen molar-refractivity contribution in [3.8, 4) is 0 Å². The van der Waals surface area contributed by atoms with Crippen LogP contribution in [-0.2, 0) is 14.3 Å². The summed E-state index contributed by atoms with van der Waals surface area (Å²) >= 11 is 0. The molecule has 2 atom stereocenters. The minimum atomic E-state index is -0.655. The molecule has 4 heteroatoms. The number of hydrogen-bond donors (Lipinski definition) is 1. The molecule has 102 valence electrons. The van der Waals surface area contributed by atoms with Gasteiger partial charge in [-0.1, -0.05) is 13.8 Å². The average molecular weight is 245 g/mol. The van der Waals surface area contributed by atoms with Crippen LogP contribution in [0.15, 0.2) is 0 Å². The topological polar surface area (TPSA) is 47.6 Å². The summed E-state index contributed by atoms with van der Waals surface area (Å²) in [5, 5.41) is 3.25. The second-order valence-corrected chi connectivity index (χ2v) is 4.64. The smallest absolute Gasteiger partial charge is 0.325 e. The second kappa shape index (κ2) is 8.48. The highest BCUT2D eigenvalue weighted by Gasteiger charge is 2.35. The Bertz CT molecular complexity index is 221. The normalized spacial score (nSPS) is 16.3. The van der Waals surface area contributed by atoms with Gasteiger partial charge in [0.05, 0.1) is 13.2 Å². The second-order valence-electron chi connectivity index (χ2n) is 4.64. The fraction of sp³-hybridized carbons (Fsp3) is 0.923. The first kappa shape index (κ1) is 16.4. The van der Waals surface area contributed by atoms with E-state index in [1.54, 1.807) is 0 Å². The molecule has 1 N–H and O–H groups in total.